The summed E-state index contributed by atoms with van der Waals surface area (Å²) in [7, 11) is 4.37. The Balaban J connectivity index is 1.84. The molecule has 0 aliphatic carbocycles. The van der Waals surface area contributed by atoms with Crippen molar-refractivity contribution in [3.63, 3.8) is 0 Å². The number of ether oxygens (including phenoxy) is 4. The van der Waals surface area contributed by atoms with E-state index < -0.39 is 11.9 Å². The number of hydrogen-bond acceptors (Lipinski definition) is 7. The summed E-state index contributed by atoms with van der Waals surface area (Å²) < 4.78 is 23.1. The molecule has 10 heteroatoms. The second kappa shape index (κ2) is 10.8. The lowest BCUT2D eigenvalue weighted by molar-refractivity contribution is -0.136. The minimum atomic E-state index is -0.942. The van der Waals surface area contributed by atoms with Crippen LogP contribution in [0.1, 0.15) is 28.3 Å². The largest absolute Gasteiger partial charge is 0.493 e. The van der Waals surface area contributed by atoms with E-state index in [1.807, 2.05) is 18.2 Å². The van der Waals surface area contributed by atoms with Gasteiger partial charge in [-0.3, -0.25) is 4.79 Å². The number of carbonyl (C=O) groups excluding carboxylic acids is 1. The Morgan fingerprint density at radius 1 is 1.08 bits per heavy atom. The third-order valence-corrected chi connectivity index (χ3v) is 7.17. The van der Waals surface area contributed by atoms with Crippen LogP contribution in [0.15, 0.2) is 58.7 Å². The average Bonchev–Trinajstić information content (AvgIpc) is 2.88. The van der Waals surface area contributed by atoms with E-state index in [4.69, 9.17) is 47.9 Å². The van der Waals surface area contributed by atoms with Crippen molar-refractivity contribution in [3.8, 4) is 17.2 Å². The van der Waals surface area contributed by atoms with Crippen molar-refractivity contribution in [2.45, 2.75) is 25.8 Å². The molecule has 1 aliphatic rings. The molecule has 1 atom stereocenters. The summed E-state index contributed by atoms with van der Waals surface area (Å²) >= 11 is 12.8. The Kier molecular flexibility index (Phi) is 7.71. The van der Waals surface area contributed by atoms with E-state index in [0.29, 0.717) is 35.7 Å². The molecule has 0 unspecified atom stereocenters. The molecule has 2 N–H and O–H groups in total. The van der Waals surface area contributed by atoms with Crippen LogP contribution >= 0.6 is 23.2 Å². The molecule has 0 amide bonds. The fourth-order valence-corrected chi connectivity index (χ4v) is 4.92. The van der Waals surface area contributed by atoms with Gasteiger partial charge in [0.05, 0.1) is 42.9 Å². The van der Waals surface area contributed by atoms with Crippen LogP contribution in [0.2, 0.25) is 10.0 Å². The van der Waals surface area contributed by atoms with Gasteiger partial charge in [-0.05, 0) is 42.7 Å². The van der Waals surface area contributed by atoms with Crippen LogP contribution < -0.4 is 25.5 Å². The Labute approximate surface area is 224 Å². The first kappa shape index (κ1) is 26.4. The van der Waals surface area contributed by atoms with Crippen LogP contribution in [0.4, 0.5) is 0 Å². The van der Waals surface area contributed by atoms with Gasteiger partial charge in [0.2, 0.25) is 5.88 Å². The molecular weight excluding hydrogens is 519 g/mol. The van der Waals surface area contributed by atoms with Gasteiger partial charge in [-0.15, -0.1) is 0 Å². The minimum absolute atomic E-state index is 0.0217. The van der Waals surface area contributed by atoms with Gasteiger partial charge in [0.1, 0.15) is 11.3 Å². The van der Waals surface area contributed by atoms with Crippen LogP contribution in [0.25, 0.3) is 0 Å². The fraction of sp³-hybridized carbons (Fsp3) is 0.259. The van der Waals surface area contributed by atoms with Crippen LogP contribution in [-0.2, 0) is 22.5 Å². The molecule has 2 aromatic carbocycles. The first-order chi connectivity index (χ1) is 17.7. The number of carbonyl (C=O) groups is 1. The number of fused-ring (bicyclic) bond motifs is 1. The molecule has 8 nitrogen and oxygen atoms in total. The number of rotatable bonds is 7. The molecule has 194 valence electrons. The van der Waals surface area contributed by atoms with E-state index >= 15 is 0 Å². The number of methoxy groups -OCH3 is 3. The fourth-order valence-electron chi connectivity index (χ4n) is 4.50. The highest BCUT2D eigenvalue weighted by Gasteiger charge is 2.39. The lowest BCUT2D eigenvalue weighted by Crippen LogP contribution is -2.35. The number of aryl methyl sites for hydroxylation is 2. The average molecular weight is 545 g/mol. The van der Waals surface area contributed by atoms with E-state index in [2.05, 4.69) is 0 Å². The molecule has 1 aliphatic heterocycles. The number of hydrogen-bond donors (Lipinski definition) is 1. The van der Waals surface area contributed by atoms with Crippen molar-refractivity contribution in [3.05, 3.63) is 96.7 Å². The molecule has 0 saturated heterocycles. The molecular formula is C27H26Cl2N2O6. The monoisotopic (exact) mass is 544 g/mol. The molecule has 3 aromatic rings. The highest BCUT2D eigenvalue weighted by atomic mass is 35.5. The Bertz CT molecular complexity index is 1460. The van der Waals surface area contributed by atoms with Gasteiger partial charge in [-0.25, -0.2) is 4.79 Å². The van der Waals surface area contributed by atoms with Crippen LogP contribution in [0.5, 0.6) is 17.2 Å². The van der Waals surface area contributed by atoms with Gasteiger partial charge in [-0.1, -0.05) is 41.4 Å². The number of aromatic nitrogens is 1. The predicted octanol–water partition coefficient (Wildman–Crippen LogP) is 4.59. The summed E-state index contributed by atoms with van der Waals surface area (Å²) in [5.41, 5.74) is 8.07. The Morgan fingerprint density at radius 2 is 1.81 bits per heavy atom. The van der Waals surface area contributed by atoms with E-state index in [0.717, 1.165) is 5.56 Å². The van der Waals surface area contributed by atoms with Crippen LogP contribution in [-0.4, -0.2) is 31.9 Å². The lowest BCUT2D eigenvalue weighted by Gasteiger charge is -2.29. The Morgan fingerprint density at radius 3 is 2.49 bits per heavy atom. The van der Waals surface area contributed by atoms with Crippen LogP contribution in [0, 0.1) is 6.92 Å². The summed E-state index contributed by atoms with van der Waals surface area (Å²) in [6, 6.07) is 12.3. The zero-order valence-corrected chi connectivity index (χ0v) is 22.3. The van der Waals surface area contributed by atoms with Crippen LogP contribution in [0.3, 0.4) is 0 Å². The first-order valence-electron chi connectivity index (χ1n) is 11.4. The summed E-state index contributed by atoms with van der Waals surface area (Å²) in [6.45, 7) is 2.16. The van der Waals surface area contributed by atoms with E-state index in [-0.39, 0.29) is 38.4 Å². The number of nitrogens with two attached hydrogens (primary N) is 1. The van der Waals surface area contributed by atoms with Gasteiger partial charge in [-0.2, -0.15) is 0 Å². The van der Waals surface area contributed by atoms with Gasteiger partial charge < -0.3 is 29.2 Å². The summed E-state index contributed by atoms with van der Waals surface area (Å²) in [5, 5.41) is 0.476. The summed E-state index contributed by atoms with van der Waals surface area (Å²) in [5.74, 6) is -0.379. The normalized spacial score (nSPS) is 14.6. The molecule has 0 bridgehead atoms. The predicted molar refractivity (Wildman–Crippen MR) is 141 cm³/mol. The third-order valence-electron chi connectivity index (χ3n) is 6.34. The summed E-state index contributed by atoms with van der Waals surface area (Å²) in [6.07, 6.45) is 0.533. The number of nitrogens with zero attached hydrogens (tertiary/aromatic N) is 1. The maximum absolute atomic E-state index is 14.0. The standard InChI is InChI=1S/C27H26Cl2N2O6/c1-14-12-20-22(26(32)31(14)11-10-15-8-9-18(34-2)19(13-15)35-3)21(16-6-5-7-17(28)24(16)29)23(25(30)37-20)27(33)36-4/h5-9,12-13,21H,10-11,30H2,1-4H3/t21-/m1/s1. The topological polar surface area (TPSA) is 102 Å². The molecule has 2 heterocycles. The van der Waals surface area contributed by atoms with Gasteiger partial charge >= 0.3 is 5.97 Å². The van der Waals surface area contributed by atoms with Crippen molar-refractivity contribution < 1.29 is 23.7 Å². The second-order valence-electron chi connectivity index (χ2n) is 8.41. The third kappa shape index (κ3) is 4.86. The quantitative estimate of drug-likeness (QED) is 0.434. The van der Waals surface area contributed by atoms with Gasteiger partial charge in [0.15, 0.2) is 11.5 Å². The van der Waals surface area contributed by atoms with Gasteiger partial charge in [0.25, 0.3) is 5.56 Å². The number of pyridine rings is 1. The molecule has 0 spiro atoms. The minimum Gasteiger partial charge on any atom is -0.493 e. The van der Waals surface area contributed by atoms with E-state index in [9.17, 15) is 9.59 Å². The van der Waals surface area contributed by atoms with Crippen molar-refractivity contribution in [2.24, 2.45) is 5.73 Å². The maximum Gasteiger partial charge on any atom is 0.340 e. The van der Waals surface area contributed by atoms with Crippen molar-refractivity contribution >= 4 is 29.2 Å². The highest BCUT2D eigenvalue weighted by molar-refractivity contribution is 6.42. The number of halogens is 2. The molecule has 37 heavy (non-hydrogen) atoms. The lowest BCUT2D eigenvalue weighted by atomic mass is 9.83. The highest BCUT2D eigenvalue weighted by Crippen LogP contribution is 2.44. The number of benzene rings is 2. The van der Waals surface area contributed by atoms with E-state index in [1.165, 1.54) is 7.11 Å². The summed E-state index contributed by atoms with van der Waals surface area (Å²) in [4.78, 5) is 26.8. The SMILES string of the molecule is COC(=O)C1=C(N)Oc2cc(C)n(CCc3ccc(OC)c(OC)c3)c(=O)c2[C@H]1c1cccc(Cl)c1Cl. The van der Waals surface area contributed by atoms with Gasteiger partial charge in [0, 0.05) is 18.3 Å². The first-order valence-corrected chi connectivity index (χ1v) is 12.1. The smallest absolute Gasteiger partial charge is 0.340 e. The van der Waals surface area contributed by atoms with E-state index in [1.54, 1.807) is 50.0 Å². The maximum atomic E-state index is 14.0. The second-order valence-corrected chi connectivity index (χ2v) is 9.19. The zero-order valence-electron chi connectivity index (χ0n) is 20.8. The molecule has 1 aromatic heterocycles. The molecule has 0 fully saturated rings. The van der Waals surface area contributed by atoms with Crippen molar-refractivity contribution in [1.82, 2.24) is 4.57 Å². The molecule has 0 radical (unpaired) electrons. The molecule has 0 saturated carbocycles. The zero-order chi connectivity index (χ0) is 26.9. The molecule has 4 rings (SSSR count). The van der Waals surface area contributed by atoms with Crippen molar-refractivity contribution in [2.75, 3.05) is 21.3 Å². The number of esters is 1. The van der Waals surface area contributed by atoms with Crippen molar-refractivity contribution in [1.29, 1.82) is 0 Å². The Hall–Kier alpha value is -3.62.